The Morgan fingerprint density at radius 1 is 1.39 bits per heavy atom. The first-order valence-electron chi connectivity index (χ1n) is 8.61. The van der Waals surface area contributed by atoms with E-state index in [1.807, 2.05) is 18.2 Å². The lowest BCUT2D eigenvalue weighted by atomic mass is 9.84. The zero-order valence-electron chi connectivity index (χ0n) is 14.7. The van der Waals surface area contributed by atoms with Gasteiger partial charge >= 0.3 is 0 Å². The number of amides is 1. The van der Waals surface area contributed by atoms with Crippen molar-refractivity contribution < 1.29 is 4.79 Å². The first-order chi connectivity index (χ1) is 10.8. The van der Waals surface area contributed by atoms with E-state index in [0.29, 0.717) is 12.6 Å². The smallest absolute Gasteiger partial charge is 0.237 e. The minimum atomic E-state index is -0.141. The molecule has 1 heterocycles. The third kappa shape index (κ3) is 4.71. The molecule has 1 aliphatic rings. The fourth-order valence-electron chi connectivity index (χ4n) is 3.29. The summed E-state index contributed by atoms with van der Waals surface area (Å²) in [5, 5.41) is 3.91. The number of benzene rings is 1. The van der Waals surface area contributed by atoms with Gasteiger partial charge in [-0.25, -0.2) is 0 Å². The molecule has 0 aliphatic carbocycles. The van der Waals surface area contributed by atoms with Crippen molar-refractivity contribution in [2.75, 3.05) is 13.1 Å². The summed E-state index contributed by atoms with van der Waals surface area (Å²) in [4.78, 5) is 15.0. The van der Waals surface area contributed by atoms with Crippen molar-refractivity contribution >= 4 is 17.5 Å². The summed E-state index contributed by atoms with van der Waals surface area (Å²) in [5.41, 5.74) is 1.01. The molecule has 0 aromatic heterocycles. The van der Waals surface area contributed by atoms with Gasteiger partial charge in [-0.3, -0.25) is 9.69 Å². The molecule has 1 unspecified atom stereocenters. The van der Waals surface area contributed by atoms with E-state index in [1.165, 1.54) is 6.42 Å². The van der Waals surface area contributed by atoms with E-state index >= 15 is 0 Å². The molecule has 1 aromatic rings. The van der Waals surface area contributed by atoms with E-state index in [-0.39, 0.29) is 17.4 Å². The number of nitrogens with zero attached hydrogens (tertiary/aromatic N) is 1. The van der Waals surface area contributed by atoms with Crippen molar-refractivity contribution in [3.63, 3.8) is 0 Å². The Labute approximate surface area is 145 Å². The van der Waals surface area contributed by atoms with Gasteiger partial charge in [-0.05, 0) is 50.9 Å². The van der Waals surface area contributed by atoms with Crippen LogP contribution in [0.2, 0.25) is 5.02 Å². The molecule has 0 radical (unpaired) electrons. The number of rotatable bonds is 5. The highest BCUT2D eigenvalue weighted by molar-refractivity contribution is 6.30. The van der Waals surface area contributed by atoms with Crippen LogP contribution < -0.4 is 5.32 Å². The minimum absolute atomic E-state index is 0.0129. The predicted octanol–water partition coefficient (Wildman–Crippen LogP) is 4.00. The van der Waals surface area contributed by atoms with Gasteiger partial charge in [0, 0.05) is 23.0 Å². The zero-order valence-corrected chi connectivity index (χ0v) is 15.5. The first-order valence-corrected chi connectivity index (χ1v) is 8.98. The molecule has 1 fully saturated rings. The van der Waals surface area contributed by atoms with Crippen LogP contribution in [0.4, 0.5) is 0 Å². The van der Waals surface area contributed by atoms with E-state index in [1.54, 1.807) is 0 Å². The molecule has 4 heteroatoms. The Balaban J connectivity index is 2.00. The van der Waals surface area contributed by atoms with E-state index in [9.17, 15) is 4.79 Å². The molecule has 1 N–H and O–H groups in total. The largest absolute Gasteiger partial charge is 0.354 e. The van der Waals surface area contributed by atoms with Gasteiger partial charge in [-0.15, -0.1) is 0 Å². The lowest BCUT2D eigenvalue weighted by Gasteiger charge is -2.38. The molecule has 1 atom stereocenters. The fraction of sp³-hybridized carbons (Fsp3) is 0.632. The van der Waals surface area contributed by atoms with Gasteiger partial charge in [-0.2, -0.15) is 0 Å². The minimum Gasteiger partial charge on any atom is -0.354 e. The molecule has 1 aliphatic heterocycles. The predicted molar refractivity (Wildman–Crippen MR) is 97.0 cm³/mol. The van der Waals surface area contributed by atoms with Gasteiger partial charge in [0.05, 0.1) is 6.04 Å². The molecule has 2 rings (SSSR count). The summed E-state index contributed by atoms with van der Waals surface area (Å²) >= 11 is 6.10. The molecule has 1 aromatic carbocycles. The molecule has 3 nitrogen and oxygen atoms in total. The summed E-state index contributed by atoms with van der Waals surface area (Å²) in [5.74, 6) is 0.161. The van der Waals surface area contributed by atoms with Crippen LogP contribution in [0, 0.1) is 0 Å². The van der Waals surface area contributed by atoms with Gasteiger partial charge in [0.1, 0.15) is 0 Å². The lowest BCUT2D eigenvalue weighted by molar-refractivity contribution is -0.128. The Kier molecular flexibility index (Phi) is 6.10. The monoisotopic (exact) mass is 336 g/mol. The number of hydrogen-bond acceptors (Lipinski definition) is 2. The van der Waals surface area contributed by atoms with Crippen molar-refractivity contribution in [3.05, 3.63) is 34.9 Å². The maximum absolute atomic E-state index is 12.7. The van der Waals surface area contributed by atoms with Gasteiger partial charge in [0.2, 0.25) is 5.91 Å². The van der Waals surface area contributed by atoms with Crippen molar-refractivity contribution in [2.45, 2.75) is 64.5 Å². The molecular formula is C19H29ClN2O. The maximum Gasteiger partial charge on any atom is 0.237 e. The Hall–Kier alpha value is -1.06. The second-order valence-corrected chi connectivity index (χ2v) is 7.89. The van der Waals surface area contributed by atoms with E-state index in [2.05, 4.69) is 44.0 Å². The van der Waals surface area contributed by atoms with Crippen LogP contribution in [-0.4, -0.2) is 36.0 Å². The highest BCUT2D eigenvalue weighted by Gasteiger charge is 2.31. The Bertz CT molecular complexity index is 542. The highest BCUT2D eigenvalue weighted by atomic mass is 35.5. The topological polar surface area (TPSA) is 32.3 Å². The second kappa shape index (κ2) is 7.67. The normalized spacial score (nSPS) is 19.8. The van der Waals surface area contributed by atoms with Crippen molar-refractivity contribution in [3.8, 4) is 0 Å². The molecule has 23 heavy (non-hydrogen) atoms. The molecule has 0 spiro atoms. The SMILES string of the molecule is CC(C)N1CCCCC1C(=O)NCC(C)(C)c1cccc(Cl)c1. The molecule has 1 amide bonds. The van der Waals surface area contributed by atoms with Crippen molar-refractivity contribution in [1.29, 1.82) is 0 Å². The number of piperidine rings is 1. The van der Waals surface area contributed by atoms with E-state index in [4.69, 9.17) is 11.6 Å². The number of halogens is 1. The summed E-state index contributed by atoms with van der Waals surface area (Å²) in [6, 6.07) is 8.31. The molecule has 128 valence electrons. The van der Waals surface area contributed by atoms with Crippen LogP contribution in [0.1, 0.15) is 52.5 Å². The lowest BCUT2D eigenvalue weighted by Crippen LogP contribution is -2.53. The zero-order chi connectivity index (χ0) is 17.0. The average Bonchev–Trinajstić information content (AvgIpc) is 2.52. The summed E-state index contributed by atoms with van der Waals surface area (Å²) < 4.78 is 0. The standard InChI is InChI=1S/C19H29ClN2O/c1-14(2)22-11-6-5-10-17(22)18(23)21-13-19(3,4)15-8-7-9-16(20)12-15/h7-9,12,14,17H,5-6,10-11,13H2,1-4H3,(H,21,23). The van der Waals surface area contributed by atoms with Gasteiger partial charge < -0.3 is 5.32 Å². The van der Waals surface area contributed by atoms with Gasteiger partial charge in [0.15, 0.2) is 0 Å². The molecule has 0 saturated carbocycles. The number of nitrogens with one attached hydrogen (secondary N) is 1. The Morgan fingerprint density at radius 2 is 2.13 bits per heavy atom. The van der Waals surface area contributed by atoms with Crippen molar-refractivity contribution in [2.24, 2.45) is 0 Å². The Morgan fingerprint density at radius 3 is 2.78 bits per heavy atom. The summed E-state index contributed by atoms with van der Waals surface area (Å²) in [6.45, 7) is 10.3. The second-order valence-electron chi connectivity index (χ2n) is 7.46. The first kappa shape index (κ1) is 18.3. The van der Waals surface area contributed by atoms with Gasteiger partial charge in [0.25, 0.3) is 0 Å². The molecular weight excluding hydrogens is 308 g/mol. The summed E-state index contributed by atoms with van der Waals surface area (Å²) in [7, 11) is 0. The number of carbonyl (C=O) groups is 1. The molecule has 1 saturated heterocycles. The molecule has 0 bridgehead atoms. The highest BCUT2D eigenvalue weighted by Crippen LogP contribution is 2.25. The number of likely N-dealkylation sites (tertiary alicyclic amines) is 1. The van der Waals surface area contributed by atoms with E-state index in [0.717, 1.165) is 30.0 Å². The fourth-order valence-corrected chi connectivity index (χ4v) is 3.48. The number of hydrogen-bond donors (Lipinski definition) is 1. The van der Waals surface area contributed by atoms with Crippen LogP contribution in [-0.2, 0) is 10.2 Å². The average molecular weight is 337 g/mol. The van der Waals surface area contributed by atoms with Crippen LogP contribution in [0.3, 0.4) is 0 Å². The van der Waals surface area contributed by atoms with Crippen LogP contribution in [0.25, 0.3) is 0 Å². The maximum atomic E-state index is 12.7. The quantitative estimate of drug-likeness (QED) is 0.881. The van der Waals surface area contributed by atoms with Crippen molar-refractivity contribution in [1.82, 2.24) is 10.2 Å². The van der Waals surface area contributed by atoms with Crippen LogP contribution in [0.5, 0.6) is 0 Å². The summed E-state index contributed by atoms with van der Waals surface area (Å²) in [6.07, 6.45) is 3.29. The third-order valence-corrected chi connectivity index (χ3v) is 5.06. The third-order valence-electron chi connectivity index (χ3n) is 4.82. The van der Waals surface area contributed by atoms with Gasteiger partial charge in [-0.1, -0.05) is 44.0 Å². The number of carbonyl (C=O) groups excluding carboxylic acids is 1. The van der Waals surface area contributed by atoms with Crippen LogP contribution >= 0.6 is 11.6 Å². The van der Waals surface area contributed by atoms with Crippen LogP contribution in [0.15, 0.2) is 24.3 Å². The van der Waals surface area contributed by atoms with E-state index < -0.39 is 0 Å².